The maximum atomic E-state index is 12.0. The van der Waals surface area contributed by atoms with E-state index in [2.05, 4.69) is 5.32 Å². The standard InChI is InChI=1S/C15H22N2O2/c1-19-14-8-12(10-16)6-7-13(14)17-15(18)9-11-4-2-3-5-11/h6-8,11H,2-5,9-10,16H2,1H3,(H,17,18). The number of nitrogens with two attached hydrogens (primary N) is 1. The number of benzene rings is 1. The Morgan fingerprint density at radius 1 is 1.42 bits per heavy atom. The Hall–Kier alpha value is -1.55. The molecule has 104 valence electrons. The third-order valence-electron chi connectivity index (χ3n) is 3.72. The topological polar surface area (TPSA) is 64.3 Å². The zero-order valence-electron chi connectivity index (χ0n) is 11.4. The molecule has 4 heteroatoms. The lowest BCUT2D eigenvalue weighted by Crippen LogP contribution is -2.15. The van der Waals surface area contributed by atoms with Crippen molar-refractivity contribution in [3.63, 3.8) is 0 Å². The van der Waals surface area contributed by atoms with Crippen molar-refractivity contribution in [2.24, 2.45) is 11.7 Å². The van der Waals surface area contributed by atoms with Gasteiger partial charge in [0.05, 0.1) is 12.8 Å². The van der Waals surface area contributed by atoms with E-state index in [1.54, 1.807) is 7.11 Å². The average Bonchev–Trinajstić information content (AvgIpc) is 2.91. The quantitative estimate of drug-likeness (QED) is 0.857. The van der Waals surface area contributed by atoms with Gasteiger partial charge in [-0.2, -0.15) is 0 Å². The molecule has 1 aliphatic carbocycles. The van der Waals surface area contributed by atoms with Gasteiger partial charge >= 0.3 is 0 Å². The Bertz CT molecular complexity index is 440. The molecule has 0 heterocycles. The number of hydrogen-bond acceptors (Lipinski definition) is 3. The summed E-state index contributed by atoms with van der Waals surface area (Å²) in [4.78, 5) is 12.0. The van der Waals surface area contributed by atoms with Crippen molar-refractivity contribution in [3.8, 4) is 5.75 Å². The second-order valence-electron chi connectivity index (χ2n) is 5.14. The van der Waals surface area contributed by atoms with Crippen molar-refractivity contribution in [1.29, 1.82) is 0 Å². The summed E-state index contributed by atoms with van der Waals surface area (Å²) in [7, 11) is 1.60. The predicted molar refractivity (Wildman–Crippen MR) is 76.1 cm³/mol. The van der Waals surface area contributed by atoms with E-state index in [-0.39, 0.29) is 5.91 Å². The van der Waals surface area contributed by atoms with Crippen LogP contribution >= 0.6 is 0 Å². The largest absolute Gasteiger partial charge is 0.495 e. The molecule has 0 saturated heterocycles. The Morgan fingerprint density at radius 2 is 2.16 bits per heavy atom. The molecule has 3 N–H and O–H groups in total. The fraction of sp³-hybridized carbons (Fsp3) is 0.533. The van der Waals surface area contributed by atoms with Crippen LogP contribution in [0.1, 0.15) is 37.7 Å². The highest BCUT2D eigenvalue weighted by molar-refractivity contribution is 5.92. The van der Waals surface area contributed by atoms with Gasteiger partial charge in [-0.3, -0.25) is 4.79 Å². The molecule has 1 aliphatic rings. The third-order valence-corrected chi connectivity index (χ3v) is 3.72. The maximum Gasteiger partial charge on any atom is 0.224 e. The first-order valence-electron chi connectivity index (χ1n) is 6.89. The van der Waals surface area contributed by atoms with Crippen LogP contribution in [0.2, 0.25) is 0 Å². The molecule has 0 bridgehead atoms. The minimum atomic E-state index is 0.0747. The second kappa shape index (κ2) is 6.57. The normalized spacial score (nSPS) is 15.5. The van der Waals surface area contributed by atoms with Crippen molar-refractivity contribution >= 4 is 11.6 Å². The monoisotopic (exact) mass is 262 g/mol. The van der Waals surface area contributed by atoms with E-state index < -0.39 is 0 Å². The summed E-state index contributed by atoms with van der Waals surface area (Å²) < 4.78 is 5.29. The van der Waals surface area contributed by atoms with Gasteiger partial charge in [0.2, 0.25) is 5.91 Å². The minimum Gasteiger partial charge on any atom is -0.495 e. The van der Waals surface area contributed by atoms with Crippen LogP contribution in [0.5, 0.6) is 5.75 Å². The molecule has 1 amide bonds. The molecule has 0 unspecified atom stereocenters. The van der Waals surface area contributed by atoms with E-state index in [1.807, 2.05) is 18.2 Å². The summed E-state index contributed by atoms with van der Waals surface area (Å²) in [6.07, 6.45) is 5.48. The third kappa shape index (κ3) is 3.70. The number of nitrogens with one attached hydrogen (secondary N) is 1. The van der Waals surface area contributed by atoms with E-state index >= 15 is 0 Å². The molecule has 1 aromatic carbocycles. The van der Waals surface area contributed by atoms with E-state index in [0.717, 1.165) is 11.3 Å². The van der Waals surface area contributed by atoms with Crippen LogP contribution in [0.3, 0.4) is 0 Å². The Balaban J connectivity index is 1.99. The fourth-order valence-corrected chi connectivity index (χ4v) is 2.64. The van der Waals surface area contributed by atoms with Crippen LogP contribution in [0.15, 0.2) is 18.2 Å². The molecule has 19 heavy (non-hydrogen) atoms. The van der Waals surface area contributed by atoms with Gasteiger partial charge < -0.3 is 15.8 Å². The Labute approximate surface area is 114 Å². The molecular formula is C15H22N2O2. The van der Waals surface area contributed by atoms with Crippen molar-refractivity contribution in [2.45, 2.75) is 38.6 Å². The Kier molecular flexibility index (Phi) is 4.80. The lowest BCUT2D eigenvalue weighted by Gasteiger charge is -2.13. The summed E-state index contributed by atoms with van der Waals surface area (Å²) >= 11 is 0. The summed E-state index contributed by atoms with van der Waals surface area (Å²) in [6.45, 7) is 0.465. The molecule has 2 rings (SSSR count). The smallest absolute Gasteiger partial charge is 0.224 e. The van der Waals surface area contributed by atoms with Gasteiger partial charge in [0.15, 0.2) is 0 Å². The van der Waals surface area contributed by atoms with Crippen molar-refractivity contribution in [2.75, 3.05) is 12.4 Å². The summed E-state index contributed by atoms with van der Waals surface area (Å²) in [5.74, 6) is 1.29. The molecule has 0 radical (unpaired) electrons. The number of ether oxygens (including phenoxy) is 1. The second-order valence-corrected chi connectivity index (χ2v) is 5.14. The molecule has 0 spiro atoms. The minimum absolute atomic E-state index is 0.0747. The lowest BCUT2D eigenvalue weighted by molar-refractivity contribution is -0.117. The lowest BCUT2D eigenvalue weighted by atomic mass is 10.0. The van der Waals surface area contributed by atoms with Crippen LogP contribution in [0.4, 0.5) is 5.69 Å². The maximum absolute atomic E-state index is 12.0. The van der Waals surface area contributed by atoms with Gasteiger partial charge in [0, 0.05) is 13.0 Å². The molecule has 4 nitrogen and oxygen atoms in total. The van der Waals surface area contributed by atoms with E-state index in [1.165, 1.54) is 25.7 Å². The number of carbonyl (C=O) groups excluding carboxylic acids is 1. The first-order chi connectivity index (χ1) is 9.22. The van der Waals surface area contributed by atoms with Gasteiger partial charge in [-0.15, -0.1) is 0 Å². The SMILES string of the molecule is COc1cc(CN)ccc1NC(=O)CC1CCCC1. The average molecular weight is 262 g/mol. The zero-order valence-corrected chi connectivity index (χ0v) is 11.4. The van der Waals surface area contributed by atoms with E-state index in [0.29, 0.717) is 24.6 Å². The highest BCUT2D eigenvalue weighted by Gasteiger charge is 2.19. The summed E-state index contributed by atoms with van der Waals surface area (Å²) in [6, 6.07) is 5.63. The molecular weight excluding hydrogens is 240 g/mol. The Morgan fingerprint density at radius 3 is 2.79 bits per heavy atom. The molecule has 0 aromatic heterocycles. The van der Waals surface area contributed by atoms with Gasteiger partial charge in [0.1, 0.15) is 5.75 Å². The number of amides is 1. The summed E-state index contributed by atoms with van der Waals surface area (Å²) in [5, 5.41) is 2.93. The highest BCUT2D eigenvalue weighted by Crippen LogP contribution is 2.29. The van der Waals surface area contributed by atoms with Crippen LogP contribution in [0.25, 0.3) is 0 Å². The van der Waals surface area contributed by atoms with Gasteiger partial charge in [-0.05, 0) is 36.5 Å². The van der Waals surface area contributed by atoms with Gasteiger partial charge in [-0.1, -0.05) is 18.9 Å². The zero-order chi connectivity index (χ0) is 13.7. The van der Waals surface area contributed by atoms with Gasteiger partial charge in [-0.25, -0.2) is 0 Å². The molecule has 1 fully saturated rings. The predicted octanol–water partition coefficient (Wildman–Crippen LogP) is 2.67. The summed E-state index contributed by atoms with van der Waals surface area (Å²) in [5.41, 5.74) is 7.31. The van der Waals surface area contributed by atoms with Crippen LogP contribution < -0.4 is 15.8 Å². The van der Waals surface area contributed by atoms with Crippen molar-refractivity contribution in [3.05, 3.63) is 23.8 Å². The van der Waals surface area contributed by atoms with E-state index in [9.17, 15) is 4.79 Å². The van der Waals surface area contributed by atoms with Crippen molar-refractivity contribution < 1.29 is 9.53 Å². The van der Waals surface area contributed by atoms with Crippen molar-refractivity contribution in [1.82, 2.24) is 0 Å². The van der Waals surface area contributed by atoms with Gasteiger partial charge in [0.25, 0.3) is 0 Å². The van der Waals surface area contributed by atoms with Crippen LogP contribution in [-0.4, -0.2) is 13.0 Å². The number of hydrogen-bond donors (Lipinski definition) is 2. The first kappa shape index (κ1) is 13.9. The van der Waals surface area contributed by atoms with Crippen LogP contribution in [-0.2, 0) is 11.3 Å². The number of methoxy groups -OCH3 is 1. The van der Waals surface area contributed by atoms with E-state index in [4.69, 9.17) is 10.5 Å². The first-order valence-corrected chi connectivity index (χ1v) is 6.89. The fourth-order valence-electron chi connectivity index (χ4n) is 2.64. The number of carbonyl (C=O) groups is 1. The number of anilines is 1. The molecule has 1 saturated carbocycles. The molecule has 0 aliphatic heterocycles. The number of rotatable bonds is 5. The molecule has 0 atom stereocenters. The molecule has 1 aromatic rings. The van der Waals surface area contributed by atoms with Crippen LogP contribution in [0, 0.1) is 5.92 Å². The highest BCUT2D eigenvalue weighted by atomic mass is 16.5.